The maximum Gasteiger partial charge on any atom is 2.00 e. The fourth-order valence-electron chi connectivity index (χ4n) is 5.27. The Balaban J connectivity index is 0. The van der Waals surface area contributed by atoms with E-state index in [2.05, 4.69) is 105 Å². The van der Waals surface area contributed by atoms with Crippen LogP contribution in [0.2, 0.25) is 25.7 Å². The van der Waals surface area contributed by atoms with Crippen LogP contribution in [0.3, 0.4) is 0 Å². The monoisotopic (exact) mass is 682 g/mol. The van der Waals surface area contributed by atoms with Gasteiger partial charge in [0, 0.05) is 14.5 Å². The maximum atomic E-state index is 9.37. The molecule has 46 heavy (non-hydrogen) atoms. The molecule has 0 saturated carbocycles. The average molecular weight is 684 g/mol. The summed E-state index contributed by atoms with van der Waals surface area (Å²) in [6, 6.07) is 19.2. The van der Waals surface area contributed by atoms with Crippen LogP contribution in [0.4, 0.5) is 0 Å². The zero-order chi connectivity index (χ0) is 31.2. The number of hydrogen-bond donors (Lipinski definition) is 0. The van der Waals surface area contributed by atoms with E-state index >= 15 is 0 Å². The fraction of sp³-hybridized carbons (Fsp3) is 0.524. The quantitative estimate of drug-likeness (QED) is 0.0195. The summed E-state index contributed by atoms with van der Waals surface area (Å²) in [6.07, 6.45) is 22.2. The molecule has 4 heteroatoms. The van der Waals surface area contributed by atoms with Crippen molar-refractivity contribution in [1.29, 1.82) is 0 Å². The largest absolute Gasteiger partial charge is 2.00 e. The van der Waals surface area contributed by atoms with Gasteiger partial charge in [-0.25, -0.2) is 0 Å². The van der Waals surface area contributed by atoms with Crippen molar-refractivity contribution in [2.45, 2.75) is 142 Å². The molecule has 0 bridgehead atoms. The second kappa shape index (κ2) is 27.7. The first-order chi connectivity index (χ1) is 20.9. The zero-order valence-corrected chi connectivity index (χ0v) is 32.4. The summed E-state index contributed by atoms with van der Waals surface area (Å²) < 4.78 is 0. The molecule has 256 valence electrons. The smallest absolute Gasteiger partial charge is 0.358 e. The van der Waals surface area contributed by atoms with E-state index in [-0.39, 0.29) is 31.3 Å². The van der Waals surface area contributed by atoms with Crippen molar-refractivity contribution in [3.8, 4) is 11.8 Å². The summed E-state index contributed by atoms with van der Waals surface area (Å²) >= 11 is 0. The van der Waals surface area contributed by atoms with Crippen molar-refractivity contribution in [2.75, 3.05) is 0 Å². The van der Waals surface area contributed by atoms with Gasteiger partial charge in [-0.3, -0.25) is 0 Å². The molecule has 0 atom stereocenters. The number of nitrogens with zero attached hydrogens (tertiary/aromatic N) is 2. The van der Waals surface area contributed by atoms with Crippen molar-refractivity contribution in [2.24, 2.45) is 0 Å². The SMILES string of the molecule is CCCCCCCCCCCCCC#CC(=C=[N+]=[N-])C=C(c1ccc(CCCC)cc1)c1ccc(CC[Si](C)(C)C)cc1.[CH3-].[CH3-].[Ni+2]. The molecule has 0 spiro atoms. The third-order valence-corrected chi connectivity index (χ3v) is 9.85. The Morgan fingerprint density at radius 2 is 1.13 bits per heavy atom. The summed E-state index contributed by atoms with van der Waals surface area (Å²) in [5.74, 6) is 9.30. The number of aryl methyl sites for hydroxylation is 2. The van der Waals surface area contributed by atoms with E-state index in [4.69, 9.17) is 0 Å². The van der Waals surface area contributed by atoms with Crippen LogP contribution in [-0.4, -0.2) is 18.7 Å². The zero-order valence-electron chi connectivity index (χ0n) is 30.4. The summed E-state index contributed by atoms with van der Waals surface area (Å²) in [5, 5.41) is 0. The molecular weight excluding hydrogens is 619 g/mol. The van der Waals surface area contributed by atoms with Crippen LogP contribution in [0.5, 0.6) is 0 Å². The summed E-state index contributed by atoms with van der Waals surface area (Å²) in [7, 11) is -1.08. The van der Waals surface area contributed by atoms with Gasteiger partial charge in [0.2, 0.25) is 0 Å². The van der Waals surface area contributed by atoms with Gasteiger partial charge < -0.3 is 20.4 Å². The Morgan fingerprint density at radius 1 is 0.674 bits per heavy atom. The second-order valence-electron chi connectivity index (χ2n) is 13.3. The van der Waals surface area contributed by atoms with Crippen LogP contribution in [0.1, 0.15) is 126 Å². The van der Waals surface area contributed by atoms with Gasteiger partial charge in [0.15, 0.2) is 5.57 Å². The normalized spacial score (nSPS) is 10.7. The molecule has 2 rings (SSSR count). The molecule has 0 aliphatic rings. The molecule has 0 amide bonds. The molecule has 0 aliphatic heterocycles. The van der Waals surface area contributed by atoms with Crippen LogP contribution in [-0.2, 0) is 29.3 Å². The average Bonchev–Trinajstić information content (AvgIpc) is 3.00. The minimum atomic E-state index is -1.08. The number of unbranched alkanes of at least 4 members (excludes halogenated alkanes) is 12. The molecule has 0 fully saturated rings. The Morgan fingerprint density at radius 3 is 1.59 bits per heavy atom. The summed E-state index contributed by atoms with van der Waals surface area (Å²) in [4.78, 5) is 3.24. The Labute approximate surface area is 296 Å². The third-order valence-electron chi connectivity index (χ3n) is 8.10. The van der Waals surface area contributed by atoms with E-state index in [1.165, 1.54) is 94.2 Å². The van der Waals surface area contributed by atoms with Gasteiger partial charge >= 0.3 is 22.4 Å². The molecule has 2 aromatic carbocycles. The molecule has 0 saturated heterocycles. The molecule has 0 aliphatic carbocycles. The molecule has 0 N–H and O–H groups in total. The van der Waals surface area contributed by atoms with Gasteiger partial charge in [0.05, 0.1) is 0 Å². The van der Waals surface area contributed by atoms with Crippen LogP contribution >= 0.6 is 0 Å². The molecule has 0 aromatic heterocycles. The number of benzene rings is 2. The summed E-state index contributed by atoms with van der Waals surface area (Å²) in [5.41, 5.74) is 16.1. The van der Waals surface area contributed by atoms with Crippen molar-refractivity contribution >= 4 is 19.5 Å². The van der Waals surface area contributed by atoms with Crippen molar-refractivity contribution in [3.63, 3.8) is 0 Å². The third kappa shape index (κ3) is 20.7. The Hall–Kier alpha value is -2.39. The van der Waals surface area contributed by atoms with E-state index in [9.17, 15) is 5.53 Å². The fourth-order valence-corrected chi connectivity index (χ4v) is 6.30. The van der Waals surface area contributed by atoms with E-state index in [0.717, 1.165) is 42.4 Å². The van der Waals surface area contributed by atoms with Crippen LogP contribution in [0.15, 0.2) is 60.2 Å². The summed E-state index contributed by atoms with van der Waals surface area (Å²) in [6.45, 7) is 11.8. The van der Waals surface area contributed by atoms with Crippen LogP contribution < -0.4 is 0 Å². The minimum absolute atomic E-state index is 0. The molecular formula is C42H64N2NiSi. The molecule has 0 radical (unpaired) electrons. The van der Waals surface area contributed by atoms with Gasteiger partial charge in [-0.05, 0) is 59.6 Å². The van der Waals surface area contributed by atoms with Gasteiger partial charge in [0.25, 0.3) is 0 Å². The van der Waals surface area contributed by atoms with Crippen molar-refractivity contribution in [3.05, 3.63) is 103 Å². The maximum absolute atomic E-state index is 9.37. The predicted molar refractivity (Wildman–Crippen MR) is 204 cm³/mol. The van der Waals surface area contributed by atoms with Crippen molar-refractivity contribution in [1.82, 2.24) is 0 Å². The molecule has 0 heterocycles. The van der Waals surface area contributed by atoms with Gasteiger partial charge in [-0.1, -0.05) is 171 Å². The molecule has 2 aromatic rings. The Bertz CT molecular complexity index is 1230. The molecule has 2 nitrogen and oxygen atoms in total. The van der Waals surface area contributed by atoms with Gasteiger partial charge in [-0.2, -0.15) is 0 Å². The van der Waals surface area contributed by atoms with E-state index in [1.54, 1.807) is 0 Å². The number of hydrogen-bond acceptors (Lipinski definition) is 0. The van der Waals surface area contributed by atoms with Crippen LogP contribution in [0.25, 0.3) is 11.1 Å². The van der Waals surface area contributed by atoms with Gasteiger partial charge in [0.1, 0.15) is 0 Å². The van der Waals surface area contributed by atoms with E-state index in [1.807, 2.05) is 6.08 Å². The molecule has 0 unspecified atom stereocenters. The first-order valence-corrected chi connectivity index (χ1v) is 20.9. The number of rotatable bonds is 20. The first kappa shape index (κ1) is 45.7. The van der Waals surface area contributed by atoms with Crippen molar-refractivity contribution < 1.29 is 21.3 Å². The number of allylic oxidation sites excluding steroid dienone is 2. The van der Waals surface area contributed by atoms with E-state index in [0.29, 0.717) is 5.57 Å². The standard InChI is InChI=1S/C40H58N2Si.2CH3.Ni/c1-6-8-10-11-12-13-14-15-16-17-18-19-20-22-37(34-42-41)33-40(38-27-23-35(24-28-38)21-9-7-2)39-29-25-36(26-30-39)31-32-43(3,4)5;;;/h23-30,33H,6-19,21,31-32H2,1-5H3;2*1H3;/q;2*-1;+2. The second-order valence-corrected chi connectivity index (χ2v) is 19.0. The minimum Gasteiger partial charge on any atom is -0.358 e. The van der Waals surface area contributed by atoms with E-state index < -0.39 is 8.07 Å². The predicted octanol–water partition coefficient (Wildman–Crippen LogP) is 12.8. The van der Waals surface area contributed by atoms with Gasteiger partial charge in [-0.15, -0.1) is 4.79 Å². The topological polar surface area (TPSA) is 36.4 Å². The Kier molecular flexibility index (Phi) is 27.5. The first-order valence-electron chi connectivity index (χ1n) is 17.2. The van der Waals surface area contributed by atoms with Crippen LogP contribution in [0, 0.1) is 26.7 Å².